The van der Waals surface area contributed by atoms with Crippen LogP contribution in [-0.4, -0.2) is 23.9 Å². The third-order valence-corrected chi connectivity index (χ3v) is 3.28. The summed E-state index contributed by atoms with van der Waals surface area (Å²) in [6, 6.07) is 5.54. The first-order chi connectivity index (χ1) is 8.34. The minimum Gasteiger partial charge on any atom is -0.338 e. The number of rotatable bonds is 4. The summed E-state index contributed by atoms with van der Waals surface area (Å²) < 4.78 is 12.8. The maximum absolute atomic E-state index is 12.8. The van der Waals surface area contributed by atoms with E-state index in [9.17, 15) is 9.18 Å². The summed E-state index contributed by atoms with van der Waals surface area (Å²) in [6.45, 7) is 5.73. The molecule has 0 spiro atoms. The van der Waals surface area contributed by atoms with Crippen molar-refractivity contribution in [3.8, 4) is 0 Å². The van der Waals surface area contributed by atoms with Crippen LogP contribution in [0.25, 0.3) is 0 Å². The van der Waals surface area contributed by atoms with Crippen LogP contribution < -0.4 is 5.73 Å². The summed E-state index contributed by atoms with van der Waals surface area (Å²) in [5.74, 6) is -0.277. The van der Waals surface area contributed by atoms with Gasteiger partial charge in [0, 0.05) is 7.05 Å². The van der Waals surface area contributed by atoms with Crippen LogP contribution in [-0.2, 0) is 4.79 Å². The van der Waals surface area contributed by atoms with Crippen molar-refractivity contribution >= 4 is 5.91 Å². The zero-order valence-electron chi connectivity index (χ0n) is 11.4. The summed E-state index contributed by atoms with van der Waals surface area (Å²) in [5.41, 5.74) is 6.74. The fourth-order valence-corrected chi connectivity index (χ4v) is 1.68. The molecular weight excluding hydrogens is 231 g/mol. The Balaban J connectivity index is 2.80. The molecule has 1 amide bonds. The number of likely N-dealkylation sites (N-methyl/N-ethyl adjacent to an activating group) is 1. The van der Waals surface area contributed by atoms with Gasteiger partial charge in [-0.1, -0.05) is 26.0 Å². The fraction of sp³-hybridized carbons (Fsp3) is 0.500. The topological polar surface area (TPSA) is 46.3 Å². The molecule has 1 unspecified atom stereocenters. The molecule has 4 heteroatoms. The van der Waals surface area contributed by atoms with Crippen LogP contribution in [0.4, 0.5) is 4.39 Å². The average molecular weight is 252 g/mol. The van der Waals surface area contributed by atoms with Gasteiger partial charge in [-0.05, 0) is 30.5 Å². The van der Waals surface area contributed by atoms with E-state index in [0.717, 1.165) is 5.56 Å². The normalized spacial score (nSPS) is 14.4. The molecule has 1 rings (SSSR count). The minimum atomic E-state index is -0.502. The highest BCUT2D eigenvalue weighted by atomic mass is 19.1. The van der Waals surface area contributed by atoms with Crippen LogP contribution in [0.2, 0.25) is 0 Å². The van der Waals surface area contributed by atoms with Crippen LogP contribution >= 0.6 is 0 Å². The van der Waals surface area contributed by atoms with Gasteiger partial charge in [0.2, 0.25) is 5.91 Å². The molecule has 18 heavy (non-hydrogen) atoms. The third-order valence-electron chi connectivity index (χ3n) is 3.28. The van der Waals surface area contributed by atoms with E-state index in [2.05, 4.69) is 0 Å². The maximum atomic E-state index is 12.8. The SMILES string of the molecule is CC(C)[C@H](N)C(=O)N(C)C(C)c1ccc(F)cc1. The second-order valence-electron chi connectivity index (χ2n) is 4.95. The Morgan fingerprint density at radius 1 is 1.22 bits per heavy atom. The summed E-state index contributed by atoms with van der Waals surface area (Å²) in [4.78, 5) is 13.7. The van der Waals surface area contributed by atoms with Gasteiger partial charge in [0.25, 0.3) is 0 Å². The molecule has 3 nitrogen and oxygen atoms in total. The Morgan fingerprint density at radius 3 is 2.17 bits per heavy atom. The lowest BCUT2D eigenvalue weighted by molar-refractivity contribution is -0.134. The smallest absolute Gasteiger partial charge is 0.239 e. The second-order valence-corrected chi connectivity index (χ2v) is 4.95. The van der Waals surface area contributed by atoms with E-state index in [-0.39, 0.29) is 23.7 Å². The number of benzene rings is 1. The predicted octanol–water partition coefficient (Wildman–Crippen LogP) is 2.33. The van der Waals surface area contributed by atoms with Crippen molar-refractivity contribution < 1.29 is 9.18 Å². The molecular formula is C14H21FN2O. The van der Waals surface area contributed by atoms with Gasteiger partial charge in [-0.25, -0.2) is 4.39 Å². The summed E-state index contributed by atoms with van der Waals surface area (Å²) in [6.07, 6.45) is 0. The zero-order chi connectivity index (χ0) is 13.9. The lowest BCUT2D eigenvalue weighted by atomic mass is 10.0. The Hall–Kier alpha value is -1.42. The first-order valence-electron chi connectivity index (χ1n) is 6.12. The lowest BCUT2D eigenvalue weighted by Crippen LogP contribution is -2.45. The van der Waals surface area contributed by atoms with E-state index >= 15 is 0 Å². The van der Waals surface area contributed by atoms with E-state index in [0.29, 0.717) is 0 Å². The average Bonchev–Trinajstić information content (AvgIpc) is 2.36. The second kappa shape index (κ2) is 5.96. The molecule has 2 N–H and O–H groups in total. The Bertz CT molecular complexity index is 403. The monoisotopic (exact) mass is 252 g/mol. The number of hydrogen-bond donors (Lipinski definition) is 1. The van der Waals surface area contributed by atoms with Crippen molar-refractivity contribution in [2.45, 2.75) is 32.9 Å². The molecule has 0 aliphatic heterocycles. The van der Waals surface area contributed by atoms with Gasteiger partial charge < -0.3 is 10.6 Å². The highest BCUT2D eigenvalue weighted by molar-refractivity contribution is 5.82. The first kappa shape index (κ1) is 14.6. The highest BCUT2D eigenvalue weighted by Crippen LogP contribution is 2.20. The van der Waals surface area contributed by atoms with E-state index in [1.54, 1.807) is 24.1 Å². The van der Waals surface area contributed by atoms with Crippen molar-refractivity contribution in [2.24, 2.45) is 11.7 Å². The number of halogens is 1. The van der Waals surface area contributed by atoms with Crippen LogP contribution in [0.1, 0.15) is 32.4 Å². The molecule has 0 aliphatic rings. The predicted molar refractivity (Wildman–Crippen MR) is 70.4 cm³/mol. The number of carbonyl (C=O) groups is 1. The van der Waals surface area contributed by atoms with Gasteiger partial charge in [0.05, 0.1) is 12.1 Å². The van der Waals surface area contributed by atoms with Crippen LogP contribution in [0.3, 0.4) is 0 Å². The number of hydrogen-bond acceptors (Lipinski definition) is 2. The Labute approximate surface area is 108 Å². The molecule has 0 radical (unpaired) electrons. The third kappa shape index (κ3) is 3.29. The van der Waals surface area contributed by atoms with Gasteiger partial charge in [-0.3, -0.25) is 4.79 Å². The van der Waals surface area contributed by atoms with E-state index in [1.807, 2.05) is 20.8 Å². The largest absolute Gasteiger partial charge is 0.338 e. The summed E-state index contributed by atoms with van der Waals surface area (Å²) >= 11 is 0. The van der Waals surface area contributed by atoms with Gasteiger partial charge in [0.1, 0.15) is 5.82 Å². The molecule has 0 aromatic heterocycles. The number of nitrogens with zero attached hydrogens (tertiary/aromatic N) is 1. The zero-order valence-corrected chi connectivity index (χ0v) is 11.4. The van der Waals surface area contributed by atoms with Gasteiger partial charge in [-0.2, -0.15) is 0 Å². The molecule has 0 saturated heterocycles. The van der Waals surface area contributed by atoms with Crippen molar-refractivity contribution in [3.05, 3.63) is 35.6 Å². The molecule has 1 aromatic rings. The lowest BCUT2D eigenvalue weighted by Gasteiger charge is -2.29. The van der Waals surface area contributed by atoms with Crippen molar-refractivity contribution in [1.82, 2.24) is 4.90 Å². The molecule has 1 aromatic carbocycles. The van der Waals surface area contributed by atoms with E-state index in [4.69, 9.17) is 5.73 Å². The van der Waals surface area contributed by atoms with Crippen molar-refractivity contribution in [2.75, 3.05) is 7.05 Å². The summed E-state index contributed by atoms with van der Waals surface area (Å²) in [5, 5.41) is 0. The van der Waals surface area contributed by atoms with Gasteiger partial charge in [-0.15, -0.1) is 0 Å². The standard InChI is InChI=1S/C14H21FN2O/c1-9(2)13(16)14(18)17(4)10(3)11-5-7-12(15)8-6-11/h5-10,13H,16H2,1-4H3/t10?,13-/m0/s1. The fourth-order valence-electron chi connectivity index (χ4n) is 1.68. The van der Waals surface area contributed by atoms with Crippen molar-refractivity contribution in [1.29, 1.82) is 0 Å². The highest BCUT2D eigenvalue weighted by Gasteiger charge is 2.24. The number of carbonyl (C=O) groups excluding carboxylic acids is 1. The van der Waals surface area contributed by atoms with Crippen molar-refractivity contribution in [3.63, 3.8) is 0 Å². The van der Waals surface area contributed by atoms with E-state index < -0.39 is 6.04 Å². The maximum Gasteiger partial charge on any atom is 0.239 e. The number of nitrogens with two attached hydrogens (primary N) is 1. The van der Waals surface area contributed by atoms with Gasteiger partial charge >= 0.3 is 0 Å². The molecule has 0 saturated carbocycles. The van der Waals surface area contributed by atoms with Crippen LogP contribution in [0, 0.1) is 11.7 Å². The molecule has 0 heterocycles. The molecule has 0 fully saturated rings. The number of amides is 1. The Kier molecular flexibility index (Phi) is 4.84. The minimum absolute atomic E-state index is 0.0955. The molecule has 0 aliphatic carbocycles. The van der Waals surface area contributed by atoms with Crippen LogP contribution in [0.15, 0.2) is 24.3 Å². The van der Waals surface area contributed by atoms with E-state index in [1.165, 1.54) is 12.1 Å². The first-order valence-corrected chi connectivity index (χ1v) is 6.12. The molecule has 100 valence electrons. The van der Waals surface area contributed by atoms with Crippen LogP contribution in [0.5, 0.6) is 0 Å². The molecule has 0 bridgehead atoms. The summed E-state index contributed by atoms with van der Waals surface area (Å²) in [7, 11) is 1.72. The van der Waals surface area contributed by atoms with Gasteiger partial charge in [0.15, 0.2) is 0 Å². The molecule has 2 atom stereocenters. The quantitative estimate of drug-likeness (QED) is 0.894. The Morgan fingerprint density at radius 2 is 1.72 bits per heavy atom.